The van der Waals surface area contributed by atoms with Gasteiger partial charge in [0.1, 0.15) is 0 Å². The molecule has 0 unspecified atom stereocenters. The van der Waals surface area contributed by atoms with Crippen molar-refractivity contribution in [2.24, 2.45) is 7.05 Å². The lowest BCUT2D eigenvalue weighted by molar-refractivity contribution is 0.103. The molecule has 17 heavy (non-hydrogen) atoms. The normalized spacial score (nSPS) is 10.6. The molecule has 5 heteroatoms. The molecule has 1 heterocycles. The number of carbonyl (C=O) groups excluding carboxylic acids is 1. The second kappa shape index (κ2) is 4.51. The van der Waals surface area contributed by atoms with Crippen molar-refractivity contribution in [3.8, 4) is 0 Å². The summed E-state index contributed by atoms with van der Waals surface area (Å²) in [7, 11) is 1.78. The van der Waals surface area contributed by atoms with Gasteiger partial charge in [-0.05, 0) is 25.1 Å². The minimum Gasteiger partial charge on any atom is -0.288 e. The summed E-state index contributed by atoms with van der Waals surface area (Å²) in [6.07, 6.45) is 1.54. The highest BCUT2D eigenvalue weighted by molar-refractivity contribution is 6.36. The molecule has 1 aromatic heterocycles. The van der Waals surface area contributed by atoms with E-state index in [0.29, 0.717) is 21.2 Å². The first kappa shape index (κ1) is 12.1. The topological polar surface area (TPSA) is 34.9 Å². The van der Waals surface area contributed by atoms with Crippen LogP contribution < -0.4 is 0 Å². The van der Waals surface area contributed by atoms with E-state index in [1.807, 2.05) is 6.92 Å². The largest absolute Gasteiger partial charge is 0.288 e. The standard InChI is InChI=1S/C12H10Cl2N2O/c1-7-10(6-15-16(7)2)12(17)9-5-8(13)3-4-11(9)14/h3-6H,1-2H3. The van der Waals surface area contributed by atoms with Crippen molar-refractivity contribution >= 4 is 29.0 Å². The molecule has 2 rings (SSSR count). The van der Waals surface area contributed by atoms with Gasteiger partial charge in [-0.1, -0.05) is 23.2 Å². The Morgan fingerprint density at radius 1 is 1.29 bits per heavy atom. The van der Waals surface area contributed by atoms with Crippen LogP contribution in [0.5, 0.6) is 0 Å². The monoisotopic (exact) mass is 268 g/mol. The number of nitrogens with zero attached hydrogens (tertiary/aromatic N) is 2. The van der Waals surface area contributed by atoms with Gasteiger partial charge < -0.3 is 0 Å². The zero-order chi connectivity index (χ0) is 12.6. The fourth-order valence-corrected chi connectivity index (χ4v) is 1.91. The summed E-state index contributed by atoms with van der Waals surface area (Å²) in [5.74, 6) is -0.164. The van der Waals surface area contributed by atoms with Gasteiger partial charge in [0.2, 0.25) is 0 Å². The Kier molecular flexibility index (Phi) is 3.22. The number of hydrogen-bond acceptors (Lipinski definition) is 2. The summed E-state index contributed by atoms with van der Waals surface area (Å²) < 4.78 is 1.64. The summed E-state index contributed by atoms with van der Waals surface area (Å²) >= 11 is 11.9. The van der Waals surface area contributed by atoms with Crippen molar-refractivity contribution in [3.63, 3.8) is 0 Å². The Bertz CT molecular complexity index is 590. The summed E-state index contributed by atoms with van der Waals surface area (Å²) in [6.45, 7) is 1.83. The van der Waals surface area contributed by atoms with Gasteiger partial charge >= 0.3 is 0 Å². The Balaban J connectivity index is 2.51. The zero-order valence-electron chi connectivity index (χ0n) is 9.37. The molecular weight excluding hydrogens is 259 g/mol. The number of halogens is 2. The van der Waals surface area contributed by atoms with Crippen LogP contribution in [0.2, 0.25) is 10.0 Å². The van der Waals surface area contributed by atoms with E-state index in [1.54, 1.807) is 29.9 Å². The van der Waals surface area contributed by atoms with E-state index in [1.165, 1.54) is 6.20 Å². The molecule has 0 atom stereocenters. The molecule has 0 spiro atoms. The number of ketones is 1. The van der Waals surface area contributed by atoms with Gasteiger partial charge in [-0.3, -0.25) is 9.48 Å². The quantitative estimate of drug-likeness (QED) is 0.784. The van der Waals surface area contributed by atoms with E-state index in [9.17, 15) is 4.79 Å². The van der Waals surface area contributed by atoms with Crippen LogP contribution in [0.15, 0.2) is 24.4 Å². The van der Waals surface area contributed by atoms with Crippen molar-refractivity contribution in [2.45, 2.75) is 6.92 Å². The maximum absolute atomic E-state index is 12.3. The first-order valence-electron chi connectivity index (χ1n) is 4.99. The summed E-state index contributed by atoms with van der Waals surface area (Å²) in [5.41, 5.74) is 1.73. The number of hydrogen-bond donors (Lipinski definition) is 0. The van der Waals surface area contributed by atoms with Crippen LogP contribution in [0.4, 0.5) is 0 Å². The van der Waals surface area contributed by atoms with E-state index in [2.05, 4.69) is 5.10 Å². The second-order valence-electron chi connectivity index (χ2n) is 3.72. The lowest BCUT2D eigenvalue weighted by Crippen LogP contribution is -2.04. The number of aromatic nitrogens is 2. The second-order valence-corrected chi connectivity index (χ2v) is 4.56. The van der Waals surface area contributed by atoms with Gasteiger partial charge in [-0.15, -0.1) is 0 Å². The fourth-order valence-electron chi connectivity index (χ4n) is 1.54. The van der Waals surface area contributed by atoms with Crippen molar-refractivity contribution in [1.82, 2.24) is 9.78 Å². The third kappa shape index (κ3) is 2.21. The van der Waals surface area contributed by atoms with Gasteiger partial charge in [0.25, 0.3) is 0 Å². The Morgan fingerprint density at radius 3 is 2.59 bits per heavy atom. The molecule has 0 amide bonds. The predicted octanol–water partition coefficient (Wildman–Crippen LogP) is 3.27. The van der Waals surface area contributed by atoms with Crippen LogP contribution in [0.3, 0.4) is 0 Å². The molecule has 0 radical (unpaired) electrons. The third-order valence-corrected chi connectivity index (χ3v) is 3.22. The van der Waals surface area contributed by atoms with Gasteiger partial charge in [-0.25, -0.2) is 0 Å². The van der Waals surface area contributed by atoms with E-state index in [0.717, 1.165) is 5.69 Å². The maximum atomic E-state index is 12.3. The molecule has 0 fully saturated rings. The third-order valence-electron chi connectivity index (χ3n) is 2.65. The molecule has 2 aromatic rings. The van der Waals surface area contributed by atoms with Crippen LogP contribution >= 0.6 is 23.2 Å². The average Bonchev–Trinajstić information content (AvgIpc) is 2.62. The molecular formula is C12H10Cl2N2O. The molecule has 88 valence electrons. The Morgan fingerprint density at radius 2 is 2.00 bits per heavy atom. The lowest BCUT2D eigenvalue weighted by atomic mass is 10.0. The molecule has 0 aliphatic heterocycles. The first-order valence-corrected chi connectivity index (χ1v) is 5.74. The highest BCUT2D eigenvalue weighted by Crippen LogP contribution is 2.24. The van der Waals surface area contributed by atoms with Gasteiger partial charge in [0, 0.05) is 23.3 Å². The Labute approximate surface area is 109 Å². The molecule has 0 aliphatic rings. The highest BCUT2D eigenvalue weighted by Gasteiger charge is 2.17. The average molecular weight is 269 g/mol. The van der Waals surface area contributed by atoms with Crippen LogP contribution in [0, 0.1) is 6.92 Å². The van der Waals surface area contributed by atoms with Crippen LogP contribution in [0.1, 0.15) is 21.6 Å². The van der Waals surface area contributed by atoms with Crippen molar-refractivity contribution in [3.05, 3.63) is 51.3 Å². The SMILES string of the molecule is Cc1c(C(=O)c2cc(Cl)ccc2Cl)cnn1C. The van der Waals surface area contributed by atoms with E-state index < -0.39 is 0 Å². The van der Waals surface area contributed by atoms with Gasteiger partial charge in [-0.2, -0.15) is 5.10 Å². The minimum absolute atomic E-state index is 0.164. The number of carbonyl (C=O) groups is 1. The molecule has 3 nitrogen and oxygen atoms in total. The van der Waals surface area contributed by atoms with Crippen LogP contribution in [-0.4, -0.2) is 15.6 Å². The highest BCUT2D eigenvalue weighted by atomic mass is 35.5. The molecule has 0 saturated carbocycles. The minimum atomic E-state index is -0.164. The molecule has 0 bridgehead atoms. The molecule has 0 aliphatic carbocycles. The van der Waals surface area contributed by atoms with Gasteiger partial charge in [0.05, 0.1) is 16.8 Å². The summed E-state index contributed by atoms with van der Waals surface area (Å²) in [4.78, 5) is 12.3. The van der Waals surface area contributed by atoms with Crippen molar-refractivity contribution < 1.29 is 4.79 Å². The Hall–Kier alpha value is -1.32. The van der Waals surface area contributed by atoms with Gasteiger partial charge in [0.15, 0.2) is 5.78 Å². The number of rotatable bonds is 2. The molecule has 1 aromatic carbocycles. The smallest absolute Gasteiger partial charge is 0.198 e. The first-order chi connectivity index (χ1) is 8.00. The summed E-state index contributed by atoms with van der Waals surface area (Å²) in [6, 6.07) is 4.83. The number of benzene rings is 1. The van der Waals surface area contributed by atoms with E-state index in [4.69, 9.17) is 23.2 Å². The van der Waals surface area contributed by atoms with Crippen LogP contribution in [0.25, 0.3) is 0 Å². The van der Waals surface area contributed by atoms with E-state index in [-0.39, 0.29) is 5.78 Å². The summed E-state index contributed by atoms with van der Waals surface area (Å²) in [5, 5.41) is 4.91. The predicted molar refractivity (Wildman–Crippen MR) is 67.8 cm³/mol. The zero-order valence-corrected chi connectivity index (χ0v) is 10.9. The molecule has 0 N–H and O–H groups in total. The van der Waals surface area contributed by atoms with E-state index >= 15 is 0 Å². The fraction of sp³-hybridized carbons (Fsp3) is 0.167. The van der Waals surface area contributed by atoms with Crippen molar-refractivity contribution in [2.75, 3.05) is 0 Å². The molecule has 0 saturated heterocycles. The van der Waals surface area contributed by atoms with Crippen LogP contribution in [-0.2, 0) is 7.05 Å². The number of aryl methyl sites for hydroxylation is 1. The lowest BCUT2D eigenvalue weighted by Gasteiger charge is -2.03. The maximum Gasteiger partial charge on any atom is 0.198 e. The van der Waals surface area contributed by atoms with Crippen molar-refractivity contribution in [1.29, 1.82) is 0 Å².